The van der Waals surface area contributed by atoms with Crippen molar-refractivity contribution in [2.75, 3.05) is 18.6 Å². The Bertz CT molecular complexity index is 1610. The summed E-state index contributed by atoms with van der Waals surface area (Å²) in [6.07, 6.45) is 0. The molecule has 1 heterocycles. The van der Waals surface area contributed by atoms with Gasteiger partial charge in [0.25, 0.3) is 11.7 Å². The van der Waals surface area contributed by atoms with Gasteiger partial charge in [0.15, 0.2) is 11.5 Å². The van der Waals surface area contributed by atoms with Crippen LogP contribution >= 0.6 is 0 Å². The SMILES string of the molecule is CCOc1cc(C2/C(=C(\O)c3cccc4ccccc34)C(=O)C(=O)N2c2ccc(F)cc2F)ccc1OC. The third kappa shape index (κ3) is 4.14. The number of methoxy groups -OCH3 is 1. The molecule has 4 aromatic carbocycles. The molecular weight excluding hydrogens is 492 g/mol. The Labute approximate surface area is 217 Å². The number of aliphatic hydroxyl groups excluding tert-OH is 1. The average Bonchev–Trinajstić information content (AvgIpc) is 3.18. The van der Waals surface area contributed by atoms with Crippen LogP contribution in [0.4, 0.5) is 14.5 Å². The van der Waals surface area contributed by atoms with Crippen molar-refractivity contribution in [2.45, 2.75) is 13.0 Å². The summed E-state index contributed by atoms with van der Waals surface area (Å²) in [7, 11) is 1.47. The molecule has 6 nitrogen and oxygen atoms in total. The summed E-state index contributed by atoms with van der Waals surface area (Å²) < 4.78 is 39.8. The molecule has 0 saturated carbocycles. The number of carbonyl (C=O) groups is 2. The van der Waals surface area contributed by atoms with Gasteiger partial charge in [-0.1, -0.05) is 48.5 Å². The lowest BCUT2D eigenvalue weighted by Gasteiger charge is -2.26. The van der Waals surface area contributed by atoms with Crippen molar-refractivity contribution >= 4 is 33.9 Å². The molecule has 1 aliphatic rings. The number of Topliss-reactive ketones (excluding diaryl/α,β-unsaturated/α-hetero) is 1. The Morgan fingerprint density at radius 3 is 2.45 bits per heavy atom. The van der Waals surface area contributed by atoms with E-state index in [1.165, 1.54) is 7.11 Å². The van der Waals surface area contributed by atoms with Crippen LogP contribution in [-0.2, 0) is 9.59 Å². The lowest BCUT2D eigenvalue weighted by Crippen LogP contribution is -2.30. The highest BCUT2D eigenvalue weighted by Gasteiger charge is 2.48. The van der Waals surface area contributed by atoms with Crippen molar-refractivity contribution in [2.24, 2.45) is 0 Å². The molecule has 0 bridgehead atoms. The summed E-state index contributed by atoms with van der Waals surface area (Å²) >= 11 is 0. The number of fused-ring (bicyclic) bond motifs is 1. The number of amides is 1. The number of halogens is 2. The minimum Gasteiger partial charge on any atom is -0.507 e. The van der Waals surface area contributed by atoms with Crippen LogP contribution in [0.25, 0.3) is 16.5 Å². The van der Waals surface area contributed by atoms with Gasteiger partial charge in [0.2, 0.25) is 0 Å². The van der Waals surface area contributed by atoms with Gasteiger partial charge < -0.3 is 14.6 Å². The summed E-state index contributed by atoms with van der Waals surface area (Å²) in [5, 5.41) is 13.0. The van der Waals surface area contributed by atoms with Crippen LogP contribution in [0.1, 0.15) is 24.1 Å². The average molecular weight is 516 g/mol. The number of anilines is 1. The number of rotatable bonds is 6. The van der Waals surface area contributed by atoms with Crippen LogP contribution < -0.4 is 14.4 Å². The minimum absolute atomic E-state index is 0.234. The number of hydrogen-bond donors (Lipinski definition) is 1. The topological polar surface area (TPSA) is 76.1 Å². The largest absolute Gasteiger partial charge is 0.507 e. The summed E-state index contributed by atoms with van der Waals surface area (Å²) in [4.78, 5) is 27.8. The van der Waals surface area contributed by atoms with Crippen LogP contribution in [0, 0.1) is 11.6 Å². The van der Waals surface area contributed by atoms with Crippen molar-refractivity contribution in [1.29, 1.82) is 0 Å². The Balaban J connectivity index is 1.80. The summed E-state index contributed by atoms with van der Waals surface area (Å²) in [5.74, 6) is -3.59. The molecule has 5 rings (SSSR count). The smallest absolute Gasteiger partial charge is 0.300 e. The standard InChI is InChI=1S/C30H23F2NO5/c1-3-38-25-15-18(11-14-24(25)37-2)27-26(28(34)21-10-6-8-17-7-4-5-9-20(17)21)29(35)30(36)33(27)23-13-12-19(31)16-22(23)32/h4-16,27,34H,3H2,1-2H3/b28-26+. The third-order valence-corrected chi connectivity index (χ3v) is 6.46. The molecule has 0 radical (unpaired) electrons. The zero-order valence-corrected chi connectivity index (χ0v) is 20.6. The van der Waals surface area contributed by atoms with Gasteiger partial charge in [-0.25, -0.2) is 8.78 Å². The van der Waals surface area contributed by atoms with Crippen molar-refractivity contribution in [3.8, 4) is 11.5 Å². The summed E-state index contributed by atoms with van der Waals surface area (Å²) in [5.41, 5.74) is 0.162. The van der Waals surface area contributed by atoms with E-state index in [2.05, 4.69) is 0 Å². The Hall–Kier alpha value is -4.72. The number of benzene rings is 4. The maximum atomic E-state index is 15.0. The second-order valence-corrected chi connectivity index (χ2v) is 8.63. The number of nitrogens with zero attached hydrogens (tertiary/aromatic N) is 1. The number of hydrogen-bond acceptors (Lipinski definition) is 5. The molecule has 0 aliphatic carbocycles. The van der Waals surface area contributed by atoms with E-state index in [1.54, 1.807) is 49.4 Å². The molecule has 192 valence electrons. The maximum Gasteiger partial charge on any atom is 0.300 e. The van der Waals surface area contributed by atoms with E-state index in [0.717, 1.165) is 22.4 Å². The molecule has 1 N–H and O–H groups in total. The van der Waals surface area contributed by atoms with E-state index in [1.807, 2.05) is 18.2 Å². The Morgan fingerprint density at radius 1 is 0.947 bits per heavy atom. The molecule has 0 aromatic heterocycles. The molecule has 1 fully saturated rings. The van der Waals surface area contributed by atoms with Crippen LogP contribution in [0.2, 0.25) is 0 Å². The number of ketones is 1. The lowest BCUT2D eigenvalue weighted by atomic mass is 9.93. The van der Waals surface area contributed by atoms with Crippen molar-refractivity contribution in [1.82, 2.24) is 0 Å². The fourth-order valence-corrected chi connectivity index (χ4v) is 4.78. The van der Waals surface area contributed by atoms with E-state index in [4.69, 9.17) is 9.47 Å². The molecule has 0 spiro atoms. The number of ether oxygens (including phenoxy) is 2. The molecule has 8 heteroatoms. The molecule has 38 heavy (non-hydrogen) atoms. The van der Waals surface area contributed by atoms with Gasteiger partial charge in [0, 0.05) is 11.6 Å². The summed E-state index contributed by atoms with van der Waals surface area (Å²) in [6, 6.07) is 18.8. The minimum atomic E-state index is -1.24. The monoisotopic (exact) mass is 515 g/mol. The van der Waals surface area contributed by atoms with Crippen LogP contribution in [0.15, 0.2) is 84.4 Å². The molecule has 1 unspecified atom stereocenters. The lowest BCUT2D eigenvalue weighted by molar-refractivity contribution is -0.132. The van der Waals surface area contributed by atoms with Crippen LogP contribution in [-0.4, -0.2) is 30.5 Å². The van der Waals surface area contributed by atoms with Crippen molar-refractivity contribution < 1.29 is 33.0 Å². The van der Waals surface area contributed by atoms with Crippen molar-refractivity contribution in [3.05, 3.63) is 107 Å². The first-order chi connectivity index (χ1) is 18.3. The second kappa shape index (κ2) is 9.97. The second-order valence-electron chi connectivity index (χ2n) is 8.63. The molecule has 4 aromatic rings. The molecule has 1 aliphatic heterocycles. The predicted octanol–water partition coefficient (Wildman–Crippen LogP) is 6.15. The highest BCUT2D eigenvalue weighted by molar-refractivity contribution is 6.51. The third-order valence-electron chi connectivity index (χ3n) is 6.46. The van der Waals surface area contributed by atoms with E-state index in [0.29, 0.717) is 40.7 Å². The first-order valence-corrected chi connectivity index (χ1v) is 11.9. The normalized spacial score (nSPS) is 16.7. The maximum absolute atomic E-state index is 15.0. The zero-order valence-electron chi connectivity index (χ0n) is 20.6. The van der Waals surface area contributed by atoms with Gasteiger partial charge in [-0.3, -0.25) is 14.5 Å². The van der Waals surface area contributed by atoms with Gasteiger partial charge in [-0.15, -0.1) is 0 Å². The number of carbonyl (C=O) groups excluding carboxylic acids is 2. The quantitative estimate of drug-likeness (QED) is 0.189. The van der Waals surface area contributed by atoms with E-state index in [-0.39, 0.29) is 11.3 Å². The first kappa shape index (κ1) is 25.0. The predicted molar refractivity (Wildman–Crippen MR) is 139 cm³/mol. The van der Waals surface area contributed by atoms with E-state index >= 15 is 4.39 Å². The van der Waals surface area contributed by atoms with Crippen molar-refractivity contribution in [3.63, 3.8) is 0 Å². The molecule has 1 amide bonds. The van der Waals surface area contributed by atoms with E-state index in [9.17, 15) is 19.1 Å². The molecule has 1 saturated heterocycles. The van der Waals surface area contributed by atoms with Gasteiger partial charge in [-0.2, -0.15) is 0 Å². The van der Waals surface area contributed by atoms with Gasteiger partial charge >= 0.3 is 0 Å². The van der Waals surface area contributed by atoms with Gasteiger partial charge in [0.1, 0.15) is 17.4 Å². The Kier molecular flexibility index (Phi) is 6.55. The van der Waals surface area contributed by atoms with Crippen LogP contribution in [0.3, 0.4) is 0 Å². The highest BCUT2D eigenvalue weighted by atomic mass is 19.1. The van der Waals surface area contributed by atoms with Gasteiger partial charge in [-0.05, 0) is 47.5 Å². The Morgan fingerprint density at radius 2 is 1.71 bits per heavy atom. The highest BCUT2D eigenvalue weighted by Crippen LogP contribution is 2.45. The van der Waals surface area contributed by atoms with E-state index < -0.39 is 35.1 Å². The van der Waals surface area contributed by atoms with Gasteiger partial charge in [0.05, 0.1) is 31.0 Å². The van der Waals surface area contributed by atoms with Crippen LogP contribution in [0.5, 0.6) is 11.5 Å². The fraction of sp³-hybridized carbons (Fsp3) is 0.133. The zero-order chi connectivity index (χ0) is 27.0. The molecule has 1 atom stereocenters. The first-order valence-electron chi connectivity index (χ1n) is 11.9. The fourth-order valence-electron chi connectivity index (χ4n) is 4.78. The number of aliphatic hydroxyl groups is 1. The summed E-state index contributed by atoms with van der Waals surface area (Å²) in [6.45, 7) is 2.09. The molecular formula is C30H23F2NO5.